The molecule has 0 saturated heterocycles. The topological polar surface area (TPSA) is 51.2 Å². The molecule has 1 heterocycles. The van der Waals surface area contributed by atoms with Gasteiger partial charge in [0.25, 0.3) is 0 Å². The van der Waals surface area contributed by atoms with E-state index in [1.165, 1.54) is 7.11 Å². The number of anilines is 1. The Hall–Kier alpha value is -2.30. The Labute approximate surface area is 162 Å². The van der Waals surface area contributed by atoms with E-state index in [4.69, 9.17) is 27.9 Å². The average molecular weight is 389 g/mol. The Morgan fingerprint density at radius 3 is 2.65 bits per heavy atom. The number of pyridine rings is 1. The Kier molecular flexibility index (Phi) is 5.35. The van der Waals surface area contributed by atoms with Gasteiger partial charge in [0, 0.05) is 16.6 Å². The highest BCUT2D eigenvalue weighted by molar-refractivity contribution is 6.37. The summed E-state index contributed by atoms with van der Waals surface area (Å²) in [6, 6.07) is 12.8. The molecular formula is C20H18Cl2N2O2. The van der Waals surface area contributed by atoms with Gasteiger partial charge in [0.1, 0.15) is 5.15 Å². The van der Waals surface area contributed by atoms with Crippen LogP contribution in [0.3, 0.4) is 0 Å². The van der Waals surface area contributed by atoms with Crippen molar-refractivity contribution in [3.8, 4) is 0 Å². The number of methoxy groups -OCH3 is 1. The van der Waals surface area contributed by atoms with Crippen molar-refractivity contribution in [3.63, 3.8) is 0 Å². The lowest BCUT2D eigenvalue weighted by molar-refractivity contribution is 0.0602. The maximum Gasteiger partial charge on any atom is 0.339 e. The number of aromatic nitrogens is 1. The molecule has 0 bridgehead atoms. The maximum atomic E-state index is 12.0. The molecule has 1 aromatic heterocycles. The van der Waals surface area contributed by atoms with Gasteiger partial charge in [-0.15, -0.1) is 0 Å². The van der Waals surface area contributed by atoms with Gasteiger partial charge in [0.15, 0.2) is 0 Å². The van der Waals surface area contributed by atoms with E-state index in [1.54, 1.807) is 18.2 Å². The summed E-state index contributed by atoms with van der Waals surface area (Å²) in [4.78, 5) is 16.5. The number of hydrogen-bond acceptors (Lipinski definition) is 4. The lowest BCUT2D eigenvalue weighted by Gasteiger charge is -2.20. The minimum atomic E-state index is -0.390. The number of fused-ring (bicyclic) bond motifs is 1. The van der Waals surface area contributed by atoms with Crippen LogP contribution < -0.4 is 5.32 Å². The normalized spacial score (nSPS) is 12.0. The number of halogens is 2. The van der Waals surface area contributed by atoms with E-state index >= 15 is 0 Å². The van der Waals surface area contributed by atoms with E-state index in [-0.39, 0.29) is 6.04 Å². The first-order chi connectivity index (χ1) is 12.4. The zero-order valence-corrected chi connectivity index (χ0v) is 16.2. The SMILES string of the molecule is COC(=O)c1ccccc1NC(C)c1cc(C)cc2c(Cl)cc(Cl)nc12. The molecule has 1 atom stereocenters. The first-order valence-corrected chi connectivity index (χ1v) is 8.86. The maximum absolute atomic E-state index is 12.0. The van der Waals surface area contributed by atoms with Gasteiger partial charge in [-0.3, -0.25) is 0 Å². The van der Waals surface area contributed by atoms with Gasteiger partial charge < -0.3 is 10.1 Å². The van der Waals surface area contributed by atoms with Crippen molar-refractivity contribution in [2.75, 3.05) is 12.4 Å². The van der Waals surface area contributed by atoms with E-state index in [1.807, 2.05) is 38.1 Å². The highest BCUT2D eigenvalue weighted by Gasteiger charge is 2.17. The number of hydrogen-bond donors (Lipinski definition) is 1. The second-order valence-corrected chi connectivity index (χ2v) is 6.87. The van der Waals surface area contributed by atoms with E-state index in [0.29, 0.717) is 21.4 Å². The summed E-state index contributed by atoms with van der Waals surface area (Å²) in [6.45, 7) is 4.00. The van der Waals surface area contributed by atoms with Gasteiger partial charge in [-0.05, 0) is 43.7 Å². The molecule has 0 fully saturated rings. The number of para-hydroxylation sites is 1. The molecular weight excluding hydrogens is 371 g/mol. The second kappa shape index (κ2) is 7.52. The molecule has 0 spiro atoms. The van der Waals surface area contributed by atoms with Crippen LogP contribution in [0, 0.1) is 6.92 Å². The third kappa shape index (κ3) is 3.62. The number of aryl methyl sites for hydroxylation is 1. The van der Waals surface area contributed by atoms with Gasteiger partial charge in [-0.25, -0.2) is 9.78 Å². The first-order valence-electron chi connectivity index (χ1n) is 8.11. The highest BCUT2D eigenvalue weighted by atomic mass is 35.5. The van der Waals surface area contributed by atoms with Gasteiger partial charge in [0.2, 0.25) is 0 Å². The molecule has 2 aromatic carbocycles. The quantitative estimate of drug-likeness (QED) is 0.452. The fourth-order valence-electron chi connectivity index (χ4n) is 2.97. The summed E-state index contributed by atoms with van der Waals surface area (Å²) >= 11 is 12.5. The molecule has 0 amide bonds. The number of esters is 1. The van der Waals surface area contributed by atoms with Crippen LogP contribution in [-0.2, 0) is 4.74 Å². The average Bonchev–Trinajstić information content (AvgIpc) is 2.61. The summed E-state index contributed by atoms with van der Waals surface area (Å²) in [5.74, 6) is -0.390. The fraction of sp³-hybridized carbons (Fsp3) is 0.200. The summed E-state index contributed by atoms with van der Waals surface area (Å²) in [5, 5.41) is 5.13. The monoisotopic (exact) mass is 388 g/mol. The molecule has 134 valence electrons. The molecule has 0 aliphatic rings. The summed E-state index contributed by atoms with van der Waals surface area (Å²) in [6.07, 6.45) is 0. The van der Waals surface area contributed by atoms with E-state index in [9.17, 15) is 4.79 Å². The van der Waals surface area contributed by atoms with Crippen molar-refractivity contribution in [2.45, 2.75) is 19.9 Å². The lowest BCUT2D eigenvalue weighted by Crippen LogP contribution is -2.12. The predicted molar refractivity (Wildman–Crippen MR) is 106 cm³/mol. The summed E-state index contributed by atoms with van der Waals surface area (Å²) < 4.78 is 4.86. The van der Waals surface area contributed by atoms with Gasteiger partial charge >= 0.3 is 5.97 Å². The molecule has 0 aliphatic carbocycles. The van der Waals surface area contributed by atoms with Crippen LogP contribution in [-0.4, -0.2) is 18.1 Å². The van der Waals surface area contributed by atoms with Crippen LogP contribution >= 0.6 is 23.2 Å². The third-order valence-corrected chi connectivity index (χ3v) is 4.68. The molecule has 6 heteroatoms. The number of ether oxygens (including phenoxy) is 1. The molecule has 1 N–H and O–H groups in total. The third-order valence-electron chi connectivity index (χ3n) is 4.18. The molecule has 0 aliphatic heterocycles. The molecule has 3 rings (SSSR count). The largest absolute Gasteiger partial charge is 0.465 e. The van der Waals surface area contributed by atoms with Crippen LogP contribution in [0.4, 0.5) is 5.69 Å². The van der Waals surface area contributed by atoms with Crippen molar-refractivity contribution < 1.29 is 9.53 Å². The zero-order chi connectivity index (χ0) is 18.8. The number of rotatable bonds is 4. The fourth-order valence-corrected chi connectivity index (χ4v) is 3.47. The van der Waals surface area contributed by atoms with E-state index in [2.05, 4.69) is 10.3 Å². The van der Waals surface area contributed by atoms with Crippen molar-refractivity contribution in [2.24, 2.45) is 0 Å². The number of carbonyl (C=O) groups is 1. The van der Waals surface area contributed by atoms with Gasteiger partial charge in [-0.2, -0.15) is 0 Å². The smallest absolute Gasteiger partial charge is 0.339 e. The van der Waals surface area contributed by atoms with Crippen molar-refractivity contribution in [1.82, 2.24) is 4.98 Å². The van der Waals surface area contributed by atoms with Gasteiger partial charge in [0.05, 0.1) is 29.3 Å². The molecule has 0 radical (unpaired) electrons. The Morgan fingerprint density at radius 2 is 1.92 bits per heavy atom. The minimum Gasteiger partial charge on any atom is -0.465 e. The molecule has 1 unspecified atom stereocenters. The van der Waals surface area contributed by atoms with Crippen molar-refractivity contribution >= 4 is 45.8 Å². The molecule has 26 heavy (non-hydrogen) atoms. The van der Waals surface area contributed by atoms with Crippen molar-refractivity contribution in [1.29, 1.82) is 0 Å². The van der Waals surface area contributed by atoms with E-state index in [0.717, 1.165) is 22.0 Å². The number of nitrogens with zero attached hydrogens (tertiary/aromatic N) is 1. The number of benzene rings is 2. The van der Waals surface area contributed by atoms with Crippen LogP contribution in [0.25, 0.3) is 10.9 Å². The summed E-state index contributed by atoms with van der Waals surface area (Å²) in [7, 11) is 1.37. The Balaban J connectivity index is 2.07. The Morgan fingerprint density at radius 1 is 1.19 bits per heavy atom. The van der Waals surface area contributed by atoms with Crippen LogP contribution in [0.2, 0.25) is 10.2 Å². The minimum absolute atomic E-state index is 0.134. The highest BCUT2D eigenvalue weighted by Crippen LogP contribution is 2.33. The first kappa shape index (κ1) is 18.5. The number of nitrogens with one attached hydrogen (secondary N) is 1. The Bertz CT molecular complexity index is 989. The molecule has 4 nitrogen and oxygen atoms in total. The second-order valence-electron chi connectivity index (χ2n) is 6.08. The summed E-state index contributed by atoms with van der Waals surface area (Å²) in [5.41, 5.74) is 3.92. The zero-order valence-electron chi connectivity index (χ0n) is 14.6. The van der Waals surface area contributed by atoms with Crippen LogP contribution in [0.5, 0.6) is 0 Å². The standard InChI is InChI=1S/C20H18Cl2N2O2/c1-11-8-14(19-15(9-11)16(21)10-18(22)24-19)12(2)23-17-7-5-4-6-13(17)20(25)26-3/h4-10,12,23H,1-3H3. The van der Waals surface area contributed by atoms with Crippen LogP contribution in [0.1, 0.15) is 34.5 Å². The van der Waals surface area contributed by atoms with Gasteiger partial charge in [-0.1, -0.05) is 41.4 Å². The van der Waals surface area contributed by atoms with Crippen molar-refractivity contribution in [3.05, 3.63) is 69.3 Å². The lowest BCUT2D eigenvalue weighted by atomic mass is 10.00. The predicted octanol–water partition coefficient (Wildman–Crippen LogP) is 5.81. The molecule has 0 saturated carbocycles. The van der Waals surface area contributed by atoms with E-state index < -0.39 is 5.97 Å². The van der Waals surface area contributed by atoms with Crippen LogP contribution in [0.15, 0.2) is 42.5 Å². The molecule has 3 aromatic rings. The number of carbonyl (C=O) groups excluding carboxylic acids is 1.